The lowest BCUT2D eigenvalue weighted by atomic mass is 10.1. The van der Waals surface area contributed by atoms with Gasteiger partial charge in [0.05, 0.1) is 11.1 Å². The zero-order chi connectivity index (χ0) is 13.1. The molecule has 96 valence electrons. The molecule has 6 heteroatoms. The number of rotatable bonds is 4. The zero-order valence-corrected chi connectivity index (χ0v) is 10.9. The van der Waals surface area contributed by atoms with Crippen molar-refractivity contribution in [3.05, 3.63) is 46.8 Å². The molecule has 0 amide bonds. The molecule has 0 saturated heterocycles. The predicted molar refractivity (Wildman–Crippen MR) is 67.8 cm³/mol. The molecular weight excluding hydrogens is 255 g/mol. The van der Waals surface area contributed by atoms with Gasteiger partial charge in [-0.3, -0.25) is 5.10 Å². The summed E-state index contributed by atoms with van der Waals surface area (Å²) in [6.45, 7) is 3.96. The summed E-state index contributed by atoms with van der Waals surface area (Å²) < 4.78 is 13.1. The SMILES string of the molecule is CC(NC(C)c1ncn[nH]1)c1ccc(F)c(Cl)c1. The molecule has 0 aliphatic carbocycles. The molecule has 0 radical (unpaired) electrons. The second kappa shape index (κ2) is 5.46. The monoisotopic (exact) mass is 268 g/mol. The summed E-state index contributed by atoms with van der Waals surface area (Å²) in [4.78, 5) is 4.08. The second-order valence-corrected chi connectivity index (χ2v) is 4.56. The van der Waals surface area contributed by atoms with Gasteiger partial charge in [0, 0.05) is 6.04 Å². The molecule has 0 aliphatic heterocycles. The summed E-state index contributed by atoms with van der Waals surface area (Å²) in [7, 11) is 0. The van der Waals surface area contributed by atoms with Crippen LogP contribution in [-0.4, -0.2) is 15.2 Å². The van der Waals surface area contributed by atoms with Crippen molar-refractivity contribution in [2.24, 2.45) is 0 Å². The maximum atomic E-state index is 13.1. The van der Waals surface area contributed by atoms with Gasteiger partial charge in [-0.05, 0) is 31.5 Å². The van der Waals surface area contributed by atoms with Gasteiger partial charge in [0.25, 0.3) is 0 Å². The Labute approximate surface area is 110 Å². The Morgan fingerprint density at radius 2 is 2.11 bits per heavy atom. The molecule has 0 bridgehead atoms. The van der Waals surface area contributed by atoms with Crippen molar-refractivity contribution in [1.82, 2.24) is 20.5 Å². The molecule has 4 nitrogen and oxygen atoms in total. The first-order valence-corrected chi connectivity index (χ1v) is 6.02. The molecule has 2 aromatic rings. The lowest BCUT2D eigenvalue weighted by Gasteiger charge is -2.18. The summed E-state index contributed by atoms with van der Waals surface area (Å²) in [5, 5.41) is 10.1. The molecule has 2 N–H and O–H groups in total. The molecule has 1 aromatic heterocycles. The van der Waals surface area contributed by atoms with Crippen molar-refractivity contribution >= 4 is 11.6 Å². The number of aromatic amines is 1. The highest BCUT2D eigenvalue weighted by Crippen LogP contribution is 2.22. The quantitative estimate of drug-likeness (QED) is 0.896. The van der Waals surface area contributed by atoms with Crippen LogP contribution in [0.5, 0.6) is 0 Å². The van der Waals surface area contributed by atoms with Gasteiger partial charge in [-0.2, -0.15) is 5.10 Å². The molecular formula is C12H14ClFN4. The Kier molecular flexibility index (Phi) is 3.93. The number of hydrogen-bond acceptors (Lipinski definition) is 3. The number of hydrogen-bond donors (Lipinski definition) is 2. The first kappa shape index (κ1) is 13.0. The highest BCUT2D eigenvalue weighted by molar-refractivity contribution is 6.30. The number of nitrogens with zero attached hydrogens (tertiary/aromatic N) is 2. The molecule has 2 unspecified atom stereocenters. The smallest absolute Gasteiger partial charge is 0.141 e. The number of halogens is 2. The van der Waals surface area contributed by atoms with E-state index in [2.05, 4.69) is 20.5 Å². The van der Waals surface area contributed by atoms with Gasteiger partial charge in [0.15, 0.2) is 0 Å². The number of aromatic nitrogens is 3. The van der Waals surface area contributed by atoms with Crippen LogP contribution in [0.2, 0.25) is 5.02 Å². The Bertz CT molecular complexity index is 515. The van der Waals surface area contributed by atoms with Crippen molar-refractivity contribution in [2.75, 3.05) is 0 Å². The van der Waals surface area contributed by atoms with E-state index in [9.17, 15) is 4.39 Å². The first-order valence-electron chi connectivity index (χ1n) is 5.64. The van der Waals surface area contributed by atoms with Crippen LogP contribution in [0.4, 0.5) is 4.39 Å². The average Bonchev–Trinajstić information content (AvgIpc) is 2.86. The molecule has 0 spiro atoms. The van der Waals surface area contributed by atoms with E-state index in [1.807, 2.05) is 13.8 Å². The fourth-order valence-corrected chi connectivity index (χ4v) is 1.94. The maximum Gasteiger partial charge on any atom is 0.141 e. The standard InChI is InChI=1S/C12H14ClFN4/c1-7(9-3-4-11(14)10(13)5-9)17-8(2)12-15-6-16-18-12/h3-8,17H,1-2H3,(H,15,16,18). The van der Waals surface area contributed by atoms with Crippen LogP contribution < -0.4 is 5.32 Å². The average molecular weight is 269 g/mol. The van der Waals surface area contributed by atoms with Gasteiger partial charge < -0.3 is 5.32 Å². The van der Waals surface area contributed by atoms with Crippen LogP contribution in [0.1, 0.15) is 37.3 Å². The van der Waals surface area contributed by atoms with Crippen molar-refractivity contribution in [2.45, 2.75) is 25.9 Å². The number of benzene rings is 1. The van der Waals surface area contributed by atoms with Crippen LogP contribution >= 0.6 is 11.6 Å². The highest BCUT2D eigenvalue weighted by Gasteiger charge is 2.14. The van der Waals surface area contributed by atoms with E-state index in [1.165, 1.54) is 12.4 Å². The largest absolute Gasteiger partial charge is 0.301 e. The van der Waals surface area contributed by atoms with E-state index >= 15 is 0 Å². The Morgan fingerprint density at radius 3 is 2.72 bits per heavy atom. The molecule has 2 atom stereocenters. The van der Waals surface area contributed by atoms with Gasteiger partial charge in [-0.1, -0.05) is 17.7 Å². The number of H-pyrrole nitrogens is 1. The van der Waals surface area contributed by atoms with Gasteiger partial charge in [0.2, 0.25) is 0 Å². The second-order valence-electron chi connectivity index (χ2n) is 4.15. The van der Waals surface area contributed by atoms with Crippen molar-refractivity contribution < 1.29 is 4.39 Å². The highest BCUT2D eigenvalue weighted by atomic mass is 35.5. The molecule has 1 heterocycles. The van der Waals surface area contributed by atoms with E-state index in [0.717, 1.165) is 11.4 Å². The van der Waals surface area contributed by atoms with E-state index < -0.39 is 5.82 Å². The summed E-state index contributed by atoms with van der Waals surface area (Å²) in [5.41, 5.74) is 0.924. The summed E-state index contributed by atoms with van der Waals surface area (Å²) >= 11 is 5.76. The lowest BCUT2D eigenvalue weighted by molar-refractivity contribution is 0.477. The molecule has 2 rings (SSSR count). The predicted octanol–water partition coefficient (Wildman–Crippen LogP) is 3.01. The minimum atomic E-state index is -0.407. The summed E-state index contributed by atoms with van der Waals surface area (Å²) in [6, 6.07) is 4.76. The fraction of sp³-hybridized carbons (Fsp3) is 0.333. The Hall–Kier alpha value is -1.46. The van der Waals surface area contributed by atoms with Crippen molar-refractivity contribution in [1.29, 1.82) is 0 Å². The van der Waals surface area contributed by atoms with Crippen molar-refractivity contribution in [3.63, 3.8) is 0 Å². The fourth-order valence-electron chi connectivity index (χ4n) is 1.76. The van der Waals surface area contributed by atoms with Crippen LogP contribution in [-0.2, 0) is 0 Å². The first-order chi connectivity index (χ1) is 8.58. The zero-order valence-electron chi connectivity index (χ0n) is 10.1. The maximum absolute atomic E-state index is 13.1. The molecule has 0 aliphatic rings. The van der Waals surface area contributed by atoms with Crippen LogP contribution in [0.3, 0.4) is 0 Å². The molecule has 0 fully saturated rings. The van der Waals surface area contributed by atoms with E-state index in [0.29, 0.717) is 0 Å². The minimum Gasteiger partial charge on any atom is -0.301 e. The van der Waals surface area contributed by atoms with Gasteiger partial charge >= 0.3 is 0 Å². The third-order valence-electron chi connectivity index (χ3n) is 2.79. The summed E-state index contributed by atoms with van der Waals surface area (Å²) in [5.74, 6) is 0.353. The minimum absolute atomic E-state index is 0.0197. The van der Waals surface area contributed by atoms with E-state index in [4.69, 9.17) is 11.6 Å². The van der Waals surface area contributed by atoms with Crippen LogP contribution in [0, 0.1) is 5.82 Å². The van der Waals surface area contributed by atoms with Crippen LogP contribution in [0.15, 0.2) is 24.5 Å². The third-order valence-corrected chi connectivity index (χ3v) is 3.08. The molecule has 1 aromatic carbocycles. The molecule has 18 heavy (non-hydrogen) atoms. The van der Waals surface area contributed by atoms with Crippen molar-refractivity contribution in [3.8, 4) is 0 Å². The van der Waals surface area contributed by atoms with E-state index in [1.54, 1.807) is 12.1 Å². The number of nitrogens with one attached hydrogen (secondary N) is 2. The van der Waals surface area contributed by atoms with Gasteiger partial charge in [-0.25, -0.2) is 9.37 Å². The summed E-state index contributed by atoms with van der Waals surface area (Å²) in [6.07, 6.45) is 1.47. The van der Waals surface area contributed by atoms with Gasteiger partial charge in [0.1, 0.15) is 18.0 Å². The normalized spacial score (nSPS) is 14.4. The van der Waals surface area contributed by atoms with E-state index in [-0.39, 0.29) is 17.1 Å². The topological polar surface area (TPSA) is 53.6 Å². The Morgan fingerprint density at radius 1 is 1.33 bits per heavy atom. The third kappa shape index (κ3) is 2.86. The molecule has 0 saturated carbocycles. The lowest BCUT2D eigenvalue weighted by Crippen LogP contribution is -2.23. The van der Waals surface area contributed by atoms with Gasteiger partial charge in [-0.15, -0.1) is 0 Å². The van der Waals surface area contributed by atoms with Crippen LogP contribution in [0.25, 0.3) is 0 Å². The Balaban J connectivity index is 2.07.